The third-order valence-corrected chi connectivity index (χ3v) is 1.38. The number of pyridine rings is 1. The lowest BCUT2D eigenvalue weighted by Gasteiger charge is -2.09. The van der Waals surface area contributed by atoms with E-state index in [1.165, 1.54) is 0 Å². The van der Waals surface area contributed by atoms with E-state index in [4.69, 9.17) is 10.5 Å². The minimum absolute atomic E-state index is 0.512. The van der Waals surface area contributed by atoms with Crippen molar-refractivity contribution in [2.75, 3.05) is 12.3 Å². The molecule has 66 valence electrons. The Morgan fingerprint density at radius 1 is 1.58 bits per heavy atom. The topological polar surface area (TPSA) is 48.1 Å². The molecule has 2 N–H and O–H groups in total. The molecule has 0 radical (unpaired) electrons. The molecule has 0 bridgehead atoms. The van der Waals surface area contributed by atoms with Gasteiger partial charge >= 0.3 is 0 Å². The molecule has 0 saturated carbocycles. The summed E-state index contributed by atoms with van der Waals surface area (Å²) in [6.07, 6.45) is 3.27. The molecule has 0 atom stereocenters. The van der Waals surface area contributed by atoms with Crippen molar-refractivity contribution in [3.05, 3.63) is 18.5 Å². The van der Waals surface area contributed by atoms with Crippen LogP contribution in [0, 0.1) is 5.92 Å². The van der Waals surface area contributed by atoms with Crippen molar-refractivity contribution in [2.45, 2.75) is 13.8 Å². The second kappa shape index (κ2) is 3.95. The first kappa shape index (κ1) is 8.84. The van der Waals surface area contributed by atoms with E-state index in [-0.39, 0.29) is 0 Å². The van der Waals surface area contributed by atoms with Gasteiger partial charge in [0.15, 0.2) is 0 Å². The number of nitrogens with two attached hydrogens (primary N) is 1. The highest BCUT2D eigenvalue weighted by Gasteiger charge is 1.99. The second-order valence-corrected chi connectivity index (χ2v) is 3.12. The number of rotatable bonds is 3. The maximum absolute atomic E-state index is 5.62. The van der Waals surface area contributed by atoms with Crippen LogP contribution in [-0.2, 0) is 0 Å². The van der Waals surface area contributed by atoms with E-state index >= 15 is 0 Å². The zero-order valence-corrected chi connectivity index (χ0v) is 7.45. The monoisotopic (exact) mass is 166 g/mol. The Labute approximate surface area is 72.6 Å². The fourth-order valence-electron chi connectivity index (χ4n) is 0.782. The summed E-state index contributed by atoms with van der Waals surface area (Å²) in [6.45, 7) is 4.88. The predicted octanol–water partition coefficient (Wildman–Crippen LogP) is 1.70. The quantitative estimate of drug-likeness (QED) is 0.743. The van der Waals surface area contributed by atoms with Gasteiger partial charge in [-0.25, -0.2) is 0 Å². The number of nitrogens with zero attached hydrogens (tertiary/aromatic N) is 1. The molecule has 0 spiro atoms. The van der Waals surface area contributed by atoms with E-state index in [1.807, 2.05) is 0 Å². The van der Waals surface area contributed by atoms with Gasteiger partial charge in [0.25, 0.3) is 0 Å². The van der Waals surface area contributed by atoms with Crippen LogP contribution in [0.25, 0.3) is 0 Å². The van der Waals surface area contributed by atoms with E-state index in [9.17, 15) is 0 Å². The van der Waals surface area contributed by atoms with Gasteiger partial charge in [-0.3, -0.25) is 4.98 Å². The second-order valence-electron chi connectivity index (χ2n) is 3.12. The molecule has 1 aromatic heterocycles. The van der Waals surface area contributed by atoms with Crippen LogP contribution in [0.1, 0.15) is 13.8 Å². The summed E-state index contributed by atoms with van der Waals surface area (Å²) in [5.41, 5.74) is 6.21. The lowest BCUT2D eigenvalue weighted by atomic mass is 10.2. The highest BCUT2D eigenvalue weighted by atomic mass is 16.5. The molecule has 0 fully saturated rings. The van der Waals surface area contributed by atoms with Crippen LogP contribution < -0.4 is 10.5 Å². The van der Waals surface area contributed by atoms with Gasteiger partial charge in [-0.05, 0) is 5.92 Å². The largest absolute Gasteiger partial charge is 0.491 e. The number of ether oxygens (including phenoxy) is 1. The summed E-state index contributed by atoms with van der Waals surface area (Å²) in [4.78, 5) is 3.87. The average Bonchev–Trinajstić information content (AvgIpc) is 2.03. The molecular weight excluding hydrogens is 152 g/mol. The molecule has 1 heterocycles. The Morgan fingerprint density at radius 2 is 2.33 bits per heavy atom. The number of aromatic nitrogens is 1. The molecule has 1 rings (SSSR count). The first-order chi connectivity index (χ1) is 5.70. The van der Waals surface area contributed by atoms with Crippen LogP contribution in [0.15, 0.2) is 18.5 Å². The number of hydrogen-bond donors (Lipinski definition) is 1. The fourth-order valence-corrected chi connectivity index (χ4v) is 0.782. The lowest BCUT2D eigenvalue weighted by molar-refractivity contribution is 0.272. The smallest absolute Gasteiger partial charge is 0.145 e. The molecule has 0 aliphatic heterocycles. The number of hydrogen-bond acceptors (Lipinski definition) is 3. The van der Waals surface area contributed by atoms with Gasteiger partial charge in [-0.15, -0.1) is 0 Å². The minimum atomic E-state index is 0.512. The summed E-state index contributed by atoms with van der Waals surface area (Å²) >= 11 is 0. The average molecular weight is 166 g/mol. The summed E-state index contributed by atoms with van der Waals surface area (Å²) in [7, 11) is 0. The van der Waals surface area contributed by atoms with E-state index in [1.54, 1.807) is 18.5 Å². The van der Waals surface area contributed by atoms with E-state index in [0.717, 1.165) is 5.75 Å². The van der Waals surface area contributed by atoms with Crippen molar-refractivity contribution < 1.29 is 4.74 Å². The first-order valence-corrected chi connectivity index (χ1v) is 4.02. The molecule has 0 saturated heterocycles. The van der Waals surface area contributed by atoms with Crippen LogP contribution in [0.5, 0.6) is 5.75 Å². The van der Waals surface area contributed by atoms with Crippen molar-refractivity contribution in [1.82, 2.24) is 4.98 Å². The summed E-state index contributed by atoms with van der Waals surface area (Å²) < 4.78 is 5.43. The molecule has 0 aromatic carbocycles. The lowest BCUT2D eigenvalue weighted by Crippen LogP contribution is -2.06. The third-order valence-electron chi connectivity index (χ3n) is 1.38. The minimum Gasteiger partial charge on any atom is -0.491 e. The summed E-state index contributed by atoms with van der Waals surface area (Å²) in [5.74, 6) is 1.23. The van der Waals surface area contributed by atoms with Gasteiger partial charge in [0, 0.05) is 12.3 Å². The molecule has 3 nitrogen and oxygen atoms in total. The van der Waals surface area contributed by atoms with Crippen LogP contribution in [0.3, 0.4) is 0 Å². The van der Waals surface area contributed by atoms with Crippen LogP contribution in [0.4, 0.5) is 5.69 Å². The van der Waals surface area contributed by atoms with Crippen molar-refractivity contribution in [1.29, 1.82) is 0 Å². The maximum atomic E-state index is 5.62. The molecule has 3 heteroatoms. The molecule has 12 heavy (non-hydrogen) atoms. The van der Waals surface area contributed by atoms with Crippen LogP contribution in [0.2, 0.25) is 0 Å². The predicted molar refractivity (Wildman–Crippen MR) is 49.0 cm³/mol. The summed E-state index contributed by atoms with van der Waals surface area (Å²) in [6, 6.07) is 1.78. The van der Waals surface area contributed by atoms with Gasteiger partial charge in [0.2, 0.25) is 0 Å². The van der Waals surface area contributed by atoms with Gasteiger partial charge in [-0.2, -0.15) is 0 Å². The standard InChI is InChI=1S/C9H14N2O/c1-7(2)6-12-9-3-4-11-5-8(9)10/h3-5,7H,6,10H2,1-2H3. The van der Waals surface area contributed by atoms with E-state index in [0.29, 0.717) is 18.2 Å². The van der Waals surface area contributed by atoms with Crippen molar-refractivity contribution >= 4 is 5.69 Å². The maximum Gasteiger partial charge on any atom is 0.145 e. The zero-order valence-electron chi connectivity index (χ0n) is 7.45. The Balaban J connectivity index is 2.57. The Kier molecular flexibility index (Phi) is 2.91. The van der Waals surface area contributed by atoms with E-state index < -0.39 is 0 Å². The Morgan fingerprint density at radius 3 is 2.92 bits per heavy atom. The highest BCUT2D eigenvalue weighted by Crippen LogP contribution is 2.18. The highest BCUT2D eigenvalue weighted by molar-refractivity contribution is 5.49. The van der Waals surface area contributed by atoms with Gasteiger partial charge in [0.1, 0.15) is 5.75 Å². The van der Waals surface area contributed by atoms with Crippen LogP contribution in [-0.4, -0.2) is 11.6 Å². The molecular formula is C9H14N2O. The molecule has 0 aliphatic rings. The van der Waals surface area contributed by atoms with Gasteiger partial charge < -0.3 is 10.5 Å². The molecule has 1 aromatic rings. The van der Waals surface area contributed by atoms with Crippen molar-refractivity contribution in [3.63, 3.8) is 0 Å². The zero-order chi connectivity index (χ0) is 8.97. The molecule has 0 aliphatic carbocycles. The SMILES string of the molecule is CC(C)COc1ccncc1N. The van der Waals surface area contributed by atoms with Crippen molar-refractivity contribution in [3.8, 4) is 5.75 Å². The summed E-state index contributed by atoms with van der Waals surface area (Å²) in [5, 5.41) is 0. The van der Waals surface area contributed by atoms with Gasteiger partial charge in [0.05, 0.1) is 18.5 Å². The molecule has 0 unspecified atom stereocenters. The van der Waals surface area contributed by atoms with Crippen LogP contribution >= 0.6 is 0 Å². The third kappa shape index (κ3) is 2.42. The Bertz CT molecular complexity index is 248. The van der Waals surface area contributed by atoms with Gasteiger partial charge in [-0.1, -0.05) is 13.8 Å². The number of anilines is 1. The molecule has 0 amide bonds. The fraction of sp³-hybridized carbons (Fsp3) is 0.444. The normalized spacial score (nSPS) is 10.2. The first-order valence-electron chi connectivity index (χ1n) is 4.02. The van der Waals surface area contributed by atoms with E-state index in [2.05, 4.69) is 18.8 Å². The Hall–Kier alpha value is -1.25. The number of nitrogen functional groups attached to an aromatic ring is 1. The van der Waals surface area contributed by atoms with Crippen molar-refractivity contribution in [2.24, 2.45) is 5.92 Å².